The van der Waals surface area contributed by atoms with E-state index in [1.54, 1.807) is 11.8 Å². The highest BCUT2D eigenvalue weighted by atomic mass is 19.1. The molecule has 7 nitrogen and oxygen atoms in total. The maximum Gasteiger partial charge on any atom is 0.317 e. The van der Waals surface area contributed by atoms with Crippen molar-refractivity contribution < 1.29 is 28.2 Å². The molecule has 0 saturated carbocycles. The van der Waals surface area contributed by atoms with Crippen molar-refractivity contribution in [3.05, 3.63) is 29.6 Å². The number of nitrogens with zero attached hydrogens (tertiary/aromatic N) is 1. The summed E-state index contributed by atoms with van der Waals surface area (Å²) in [5.74, 6) is -1.23. The number of rotatable bonds is 7. The van der Waals surface area contributed by atoms with Gasteiger partial charge >= 0.3 is 12.0 Å². The van der Waals surface area contributed by atoms with Crippen LogP contribution in [0.25, 0.3) is 0 Å². The molecule has 1 fully saturated rings. The Morgan fingerprint density at radius 3 is 2.81 bits per heavy atom. The van der Waals surface area contributed by atoms with E-state index in [4.69, 9.17) is 9.47 Å². The number of nitrogens with one attached hydrogen (secondary N) is 1. The van der Waals surface area contributed by atoms with Crippen molar-refractivity contribution in [2.24, 2.45) is 5.92 Å². The fraction of sp³-hybridized carbons (Fsp3) is 0.526. The van der Waals surface area contributed by atoms with Crippen LogP contribution in [-0.2, 0) is 9.53 Å². The van der Waals surface area contributed by atoms with Crippen molar-refractivity contribution in [1.82, 2.24) is 10.2 Å². The Labute approximate surface area is 157 Å². The van der Waals surface area contributed by atoms with Gasteiger partial charge < -0.3 is 19.7 Å². The fourth-order valence-corrected chi connectivity index (χ4v) is 3.08. The lowest BCUT2D eigenvalue weighted by molar-refractivity contribution is -0.142. The highest BCUT2D eigenvalue weighted by Gasteiger charge is 2.30. The highest BCUT2D eigenvalue weighted by Crippen LogP contribution is 2.27. The van der Waals surface area contributed by atoms with Gasteiger partial charge in [0.25, 0.3) is 0 Å². The summed E-state index contributed by atoms with van der Waals surface area (Å²) in [5, 5.41) is 2.66. The molecule has 1 aromatic rings. The van der Waals surface area contributed by atoms with Crippen molar-refractivity contribution in [1.29, 1.82) is 0 Å². The standard InChI is InChI=1S/C19H25FN2O5/c1-3-27-17(23)8-9-21-19(25)22-10-4-5-13(12-22)18(24)15-11-14(20)6-7-16(15)26-2/h6-7,11,13H,3-5,8-10,12H2,1-2H3,(H,21,25)/t13-/m1/s1. The molecule has 1 aliphatic heterocycles. The molecule has 1 aromatic carbocycles. The van der Waals surface area contributed by atoms with Gasteiger partial charge in [0.1, 0.15) is 11.6 Å². The van der Waals surface area contributed by atoms with Gasteiger partial charge in [-0.25, -0.2) is 9.18 Å². The Morgan fingerprint density at radius 2 is 2.11 bits per heavy atom. The molecule has 2 rings (SSSR count). The number of likely N-dealkylation sites (tertiary alicyclic amines) is 1. The molecular formula is C19H25FN2O5. The number of Topliss-reactive ketones (excluding diaryl/α,β-unsaturated/α-hetero) is 1. The van der Waals surface area contributed by atoms with Gasteiger partial charge in [0.05, 0.1) is 25.7 Å². The lowest BCUT2D eigenvalue weighted by Crippen LogP contribution is -2.47. The largest absolute Gasteiger partial charge is 0.496 e. The maximum atomic E-state index is 13.6. The van der Waals surface area contributed by atoms with Crippen molar-refractivity contribution >= 4 is 17.8 Å². The smallest absolute Gasteiger partial charge is 0.317 e. The SMILES string of the molecule is CCOC(=O)CCNC(=O)N1CCC[C@@H](C(=O)c2cc(F)ccc2OC)C1. The number of hydrogen-bond donors (Lipinski definition) is 1. The minimum Gasteiger partial charge on any atom is -0.496 e. The summed E-state index contributed by atoms with van der Waals surface area (Å²) < 4.78 is 23.5. The van der Waals surface area contributed by atoms with Crippen molar-refractivity contribution in [3.63, 3.8) is 0 Å². The van der Waals surface area contributed by atoms with E-state index in [1.165, 1.54) is 25.3 Å². The number of carbonyl (C=O) groups excluding carboxylic acids is 3. The van der Waals surface area contributed by atoms with Crippen LogP contribution in [0.4, 0.5) is 9.18 Å². The Balaban J connectivity index is 1.95. The maximum absolute atomic E-state index is 13.6. The average Bonchev–Trinajstić information content (AvgIpc) is 2.67. The topological polar surface area (TPSA) is 84.9 Å². The number of halogens is 1. The van der Waals surface area contributed by atoms with E-state index >= 15 is 0 Å². The number of amides is 2. The Kier molecular flexibility index (Phi) is 7.57. The van der Waals surface area contributed by atoms with Crippen LogP contribution in [0.2, 0.25) is 0 Å². The number of urea groups is 1. The van der Waals surface area contributed by atoms with E-state index in [1.807, 2.05) is 0 Å². The summed E-state index contributed by atoms with van der Waals surface area (Å²) in [4.78, 5) is 38.0. The molecule has 1 aliphatic rings. The molecule has 0 bridgehead atoms. The second kappa shape index (κ2) is 9.89. The molecule has 1 N–H and O–H groups in total. The third-order valence-corrected chi connectivity index (χ3v) is 4.42. The first kappa shape index (κ1) is 20.7. The van der Waals surface area contributed by atoms with E-state index in [-0.39, 0.29) is 42.9 Å². The van der Waals surface area contributed by atoms with Gasteiger partial charge in [0, 0.05) is 25.6 Å². The predicted molar refractivity (Wildman–Crippen MR) is 96.2 cm³/mol. The summed E-state index contributed by atoms with van der Waals surface area (Å²) in [6.07, 6.45) is 1.38. The van der Waals surface area contributed by atoms with Crippen molar-refractivity contribution in [2.75, 3.05) is 33.4 Å². The van der Waals surface area contributed by atoms with Gasteiger partial charge in [0.15, 0.2) is 5.78 Å². The third-order valence-electron chi connectivity index (χ3n) is 4.42. The molecule has 1 saturated heterocycles. The van der Waals surface area contributed by atoms with E-state index < -0.39 is 11.7 Å². The summed E-state index contributed by atoms with van der Waals surface area (Å²) in [6, 6.07) is 3.49. The van der Waals surface area contributed by atoms with E-state index in [0.717, 1.165) is 0 Å². The van der Waals surface area contributed by atoms with Crippen LogP contribution in [-0.4, -0.2) is 56.0 Å². The number of ketones is 1. The van der Waals surface area contributed by atoms with E-state index in [0.29, 0.717) is 31.7 Å². The normalized spacial score (nSPS) is 16.6. The molecule has 2 amide bonds. The van der Waals surface area contributed by atoms with E-state index in [9.17, 15) is 18.8 Å². The molecule has 148 valence electrons. The van der Waals surface area contributed by atoms with Gasteiger partial charge in [-0.1, -0.05) is 0 Å². The lowest BCUT2D eigenvalue weighted by atomic mass is 9.89. The number of benzene rings is 1. The average molecular weight is 380 g/mol. The molecule has 8 heteroatoms. The molecule has 27 heavy (non-hydrogen) atoms. The number of esters is 1. The first-order chi connectivity index (χ1) is 13.0. The first-order valence-electron chi connectivity index (χ1n) is 9.02. The Morgan fingerprint density at radius 1 is 1.33 bits per heavy atom. The lowest BCUT2D eigenvalue weighted by Gasteiger charge is -2.32. The van der Waals surface area contributed by atoms with Crippen LogP contribution in [0.1, 0.15) is 36.5 Å². The molecule has 0 unspecified atom stereocenters. The van der Waals surface area contributed by atoms with Crippen molar-refractivity contribution in [2.45, 2.75) is 26.2 Å². The molecule has 0 spiro atoms. The summed E-state index contributed by atoms with van der Waals surface area (Å²) in [7, 11) is 1.42. The fourth-order valence-electron chi connectivity index (χ4n) is 3.08. The number of piperidine rings is 1. The zero-order chi connectivity index (χ0) is 19.8. The van der Waals surface area contributed by atoms with Crippen LogP contribution < -0.4 is 10.1 Å². The summed E-state index contributed by atoms with van der Waals surface area (Å²) >= 11 is 0. The number of methoxy groups -OCH3 is 1. The van der Waals surface area contributed by atoms with Gasteiger partial charge in [-0.15, -0.1) is 0 Å². The van der Waals surface area contributed by atoms with Crippen LogP contribution in [0.15, 0.2) is 18.2 Å². The number of hydrogen-bond acceptors (Lipinski definition) is 5. The minimum atomic E-state index is -0.511. The Bertz CT molecular complexity index is 695. The zero-order valence-electron chi connectivity index (χ0n) is 15.6. The minimum absolute atomic E-state index is 0.0935. The summed E-state index contributed by atoms with van der Waals surface area (Å²) in [6.45, 7) is 2.95. The van der Waals surface area contributed by atoms with Gasteiger partial charge in [0.2, 0.25) is 0 Å². The van der Waals surface area contributed by atoms with Crippen LogP contribution in [0.3, 0.4) is 0 Å². The number of carbonyl (C=O) groups is 3. The van der Waals surface area contributed by atoms with Gasteiger partial charge in [-0.05, 0) is 38.0 Å². The van der Waals surface area contributed by atoms with Crippen LogP contribution in [0.5, 0.6) is 5.75 Å². The monoisotopic (exact) mass is 380 g/mol. The Hall–Kier alpha value is -2.64. The number of ether oxygens (including phenoxy) is 2. The molecule has 0 radical (unpaired) electrons. The third kappa shape index (κ3) is 5.67. The highest BCUT2D eigenvalue weighted by molar-refractivity contribution is 6.00. The first-order valence-corrected chi connectivity index (χ1v) is 9.02. The predicted octanol–water partition coefficient (Wildman–Crippen LogP) is 2.39. The van der Waals surface area contributed by atoms with Gasteiger partial charge in [-0.3, -0.25) is 9.59 Å². The molecule has 1 atom stereocenters. The second-order valence-corrected chi connectivity index (χ2v) is 6.28. The second-order valence-electron chi connectivity index (χ2n) is 6.28. The zero-order valence-corrected chi connectivity index (χ0v) is 15.6. The van der Waals surface area contributed by atoms with Crippen molar-refractivity contribution in [3.8, 4) is 5.75 Å². The van der Waals surface area contributed by atoms with Gasteiger partial charge in [-0.2, -0.15) is 0 Å². The molecule has 0 aliphatic carbocycles. The van der Waals surface area contributed by atoms with E-state index in [2.05, 4.69) is 5.32 Å². The van der Waals surface area contributed by atoms with Crippen LogP contribution in [0, 0.1) is 11.7 Å². The quantitative estimate of drug-likeness (QED) is 0.580. The molecular weight excluding hydrogens is 355 g/mol. The summed E-state index contributed by atoms with van der Waals surface area (Å²) in [5.41, 5.74) is 0.187. The van der Waals surface area contributed by atoms with Crippen LogP contribution >= 0.6 is 0 Å². The molecule has 1 heterocycles. The molecule has 0 aromatic heterocycles.